The van der Waals surface area contributed by atoms with Crippen LogP contribution < -0.4 is 5.90 Å². The maximum absolute atomic E-state index is 9.71. The Kier molecular flexibility index (Phi) is 2.91. The van der Waals surface area contributed by atoms with E-state index in [1.165, 1.54) is 0 Å². The predicted octanol–water partition coefficient (Wildman–Crippen LogP) is -0.638. The Morgan fingerprint density at radius 1 is 2.00 bits per heavy atom. The zero-order chi connectivity index (χ0) is 5.70. The highest BCUT2D eigenvalue weighted by molar-refractivity contribution is 5.45. The second-order valence-corrected chi connectivity index (χ2v) is 0.601. The number of hydrogen-bond acceptors (Lipinski definition) is 5. The fourth-order valence-electron chi connectivity index (χ4n) is 0.0813. The number of rotatable bonds is 2. The highest BCUT2D eigenvalue weighted by Gasteiger charge is 1.68. The minimum atomic E-state index is -0.215. The molecule has 0 aliphatic carbocycles. The highest BCUT2D eigenvalue weighted by Crippen LogP contribution is 1.75. The summed E-state index contributed by atoms with van der Waals surface area (Å²) >= 11 is 0. The van der Waals surface area contributed by atoms with Crippen LogP contribution >= 0.6 is 0 Å². The van der Waals surface area contributed by atoms with Crippen LogP contribution in [0.3, 0.4) is 0 Å². The summed E-state index contributed by atoms with van der Waals surface area (Å²) in [7, 11) is 0. The highest BCUT2D eigenvalue weighted by atomic mass is 17.0. The Balaban J connectivity index is 3.35. The summed E-state index contributed by atoms with van der Waals surface area (Å²) in [5.41, 5.74) is 0. The van der Waals surface area contributed by atoms with Crippen LogP contribution in [-0.2, 0) is 4.94 Å². The molecular formula is C2H4N3O2-. The molecule has 0 aromatic heterocycles. The van der Waals surface area contributed by atoms with Gasteiger partial charge >= 0.3 is 0 Å². The molecule has 0 unspecified atom stereocenters. The summed E-state index contributed by atoms with van der Waals surface area (Å²) in [6.45, 7) is 2.98. The summed E-state index contributed by atoms with van der Waals surface area (Å²) in [5, 5.41) is 12.3. The summed E-state index contributed by atoms with van der Waals surface area (Å²) in [4.78, 5) is 3.50. The van der Waals surface area contributed by atoms with Crippen LogP contribution in [0.25, 0.3) is 0 Å². The van der Waals surface area contributed by atoms with Crippen molar-refractivity contribution in [1.82, 2.24) is 5.34 Å². The molecule has 0 spiro atoms. The Labute approximate surface area is 40.1 Å². The SMILES string of the molecule is C=C=NN([O-])ON. The van der Waals surface area contributed by atoms with E-state index in [1.54, 1.807) is 0 Å². The van der Waals surface area contributed by atoms with Crippen LogP contribution in [0.15, 0.2) is 11.7 Å². The van der Waals surface area contributed by atoms with Crippen LogP contribution in [0.1, 0.15) is 0 Å². The molecule has 0 aliphatic rings. The van der Waals surface area contributed by atoms with Gasteiger partial charge in [0.2, 0.25) is 0 Å². The molecule has 0 aromatic rings. The Morgan fingerprint density at radius 3 is 2.71 bits per heavy atom. The molecular weight excluding hydrogens is 98.0 g/mol. The van der Waals surface area contributed by atoms with Crippen molar-refractivity contribution < 1.29 is 4.94 Å². The van der Waals surface area contributed by atoms with Gasteiger partial charge in [-0.25, -0.2) is 5.34 Å². The standard InChI is InChI=1S/C2H4N3O2/c1-2-4-5(6)7-3/h1,3H2/q-1. The maximum Gasteiger partial charge on any atom is 0.00190 e. The van der Waals surface area contributed by atoms with E-state index < -0.39 is 0 Å². The average molecular weight is 102 g/mol. The lowest BCUT2D eigenvalue weighted by Gasteiger charge is -2.15. The molecule has 5 nitrogen and oxygen atoms in total. The van der Waals surface area contributed by atoms with Gasteiger partial charge in [-0.3, -0.25) is 0 Å². The van der Waals surface area contributed by atoms with Crippen molar-refractivity contribution in [3.63, 3.8) is 0 Å². The molecule has 40 valence electrons. The van der Waals surface area contributed by atoms with E-state index in [0.29, 0.717) is 0 Å². The van der Waals surface area contributed by atoms with Gasteiger partial charge in [0.1, 0.15) is 0 Å². The molecule has 5 heteroatoms. The molecule has 0 fully saturated rings. The van der Waals surface area contributed by atoms with Crippen LogP contribution in [0.2, 0.25) is 0 Å². The topological polar surface area (TPSA) is 73.9 Å². The summed E-state index contributed by atoms with van der Waals surface area (Å²) in [6.07, 6.45) is 0. The van der Waals surface area contributed by atoms with E-state index in [9.17, 15) is 5.21 Å². The van der Waals surface area contributed by atoms with Crippen molar-refractivity contribution in [3.8, 4) is 0 Å². The van der Waals surface area contributed by atoms with E-state index in [2.05, 4.69) is 22.5 Å². The third-order valence-electron chi connectivity index (χ3n) is 0.243. The lowest BCUT2D eigenvalue weighted by atomic mass is 11.2. The van der Waals surface area contributed by atoms with Gasteiger partial charge in [0.15, 0.2) is 0 Å². The quantitative estimate of drug-likeness (QED) is 0.372. The van der Waals surface area contributed by atoms with Crippen LogP contribution in [-0.4, -0.2) is 11.2 Å². The summed E-state index contributed by atoms with van der Waals surface area (Å²) in [5.74, 6) is 6.21. The van der Waals surface area contributed by atoms with Crippen molar-refractivity contribution in [1.29, 1.82) is 0 Å². The fraction of sp³-hybridized carbons (Fsp3) is 0. The molecule has 2 N–H and O–H groups in total. The number of nitrogens with two attached hydrogens (primary N) is 1. The van der Waals surface area contributed by atoms with Crippen LogP contribution in [0.5, 0.6) is 0 Å². The van der Waals surface area contributed by atoms with Gasteiger partial charge in [0.05, 0.1) is 0 Å². The van der Waals surface area contributed by atoms with Gasteiger partial charge in [-0.2, -0.15) is 10.8 Å². The monoisotopic (exact) mass is 102 g/mol. The first-order valence-electron chi connectivity index (χ1n) is 1.38. The third-order valence-corrected chi connectivity index (χ3v) is 0.243. The Bertz CT molecular complexity index is 86.9. The second-order valence-electron chi connectivity index (χ2n) is 0.601. The number of hydrazone groups is 1. The van der Waals surface area contributed by atoms with Crippen molar-refractivity contribution >= 4 is 5.87 Å². The molecule has 0 saturated carbocycles. The summed E-state index contributed by atoms with van der Waals surface area (Å²) in [6, 6.07) is 0. The van der Waals surface area contributed by atoms with Gasteiger partial charge in [-0.15, -0.1) is 5.10 Å². The molecule has 0 heterocycles. The van der Waals surface area contributed by atoms with Gasteiger partial charge < -0.3 is 5.21 Å². The summed E-state index contributed by atoms with van der Waals surface area (Å²) < 4.78 is 0. The predicted molar refractivity (Wildman–Crippen MR) is 23.5 cm³/mol. The largest absolute Gasteiger partial charge is 0.714 e. The minimum Gasteiger partial charge on any atom is -0.714 e. The zero-order valence-corrected chi connectivity index (χ0v) is 3.50. The average Bonchev–Trinajstić information content (AvgIpc) is 1.68. The normalized spacial score (nSPS) is 7.14. The fourth-order valence-corrected chi connectivity index (χ4v) is 0.0813. The van der Waals surface area contributed by atoms with Gasteiger partial charge in [-0.05, 0) is 6.58 Å². The molecule has 0 bridgehead atoms. The van der Waals surface area contributed by atoms with E-state index in [0.717, 1.165) is 0 Å². The Hall–Kier alpha value is -0.870. The smallest absolute Gasteiger partial charge is 0.00190 e. The van der Waals surface area contributed by atoms with Gasteiger partial charge in [0, 0.05) is 5.87 Å². The first-order valence-corrected chi connectivity index (χ1v) is 1.38. The lowest BCUT2D eigenvalue weighted by molar-refractivity contribution is -0.122. The third kappa shape index (κ3) is 2.95. The number of hydrogen-bond donors (Lipinski definition) is 1. The first-order chi connectivity index (χ1) is 3.31. The molecule has 0 atom stereocenters. The minimum absolute atomic E-state index is 0.215. The zero-order valence-electron chi connectivity index (χ0n) is 3.50. The first kappa shape index (κ1) is 6.13. The van der Waals surface area contributed by atoms with E-state index in [-0.39, 0.29) is 5.34 Å². The molecule has 0 saturated heterocycles. The van der Waals surface area contributed by atoms with Crippen molar-refractivity contribution in [2.24, 2.45) is 11.0 Å². The van der Waals surface area contributed by atoms with E-state index >= 15 is 0 Å². The van der Waals surface area contributed by atoms with Crippen LogP contribution in [0, 0.1) is 5.21 Å². The number of nitrogens with zero attached hydrogens (tertiary/aromatic N) is 2. The van der Waals surface area contributed by atoms with Crippen LogP contribution in [0.4, 0.5) is 0 Å². The van der Waals surface area contributed by atoms with E-state index in [1.807, 2.05) is 5.87 Å². The molecule has 0 rings (SSSR count). The molecule has 7 heavy (non-hydrogen) atoms. The van der Waals surface area contributed by atoms with Crippen molar-refractivity contribution in [2.75, 3.05) is 0 Å². The van der Waals surface area contributed by atoms with Crippen molar-refractivity contribution in [3.05, 3.63) is 11.8 Å². The molecule has 0 radical (unpaired) electrons. The van der Waals surface area contributed by atoms with Gasteiger partial charge in [-0.1, -0.05) is 0 Å². The molecule has 0 aliphatic heterocycles. The molecule has 0 amide bonds. The van der Waals surface area contributed by atoms with E-state index in [4.69, 9.17) is 0 Å². The lowest BCUT2D eigenvalue weighted by Crippen LogP contribution is -2.13. The molecule has 0 aromatic carbocycles. The van der Waals surface area contributed by atoms with Crippen molar-refractivity contribution in [2.45, 2.75) is 0 Å². The second kappa shape index (κ2) is 3.32. The van der Waals surface area contributed by atoms with Gasteiger partial charge in [0.25, 0.3) is 0 Å². The maximum atomic E-state index is 9.71. The Morgan fingerprint density at radius 2 is 2.57 bits per heavy atom.